The number of rotatable bonds is 9. The lowest BCUT2D eigenvalue weighted by atomic mass is 10.1. The third-order valence-corrected chi connectivity index (χ3v) is 3.03. The molecule has 3 nitrogen and oxygen atoms in total. The van der Waals surface area contributed by atoms with Gasteiger partial charge in [-0.15, -0.1) is 0 Å². The van der Waals surface area contributed by atoms with Crippen LogP contribution in [0.15, 0.2) is 30.5 Å². The van der Waals surface area contributed by atoms with E-state index in [2.05, 4.69) is 50.2 Å². The maximum absolute atomic E-state index is 5.82. The van der Waals surface area contributed by atoms with Crippen LogP contribution in [0.25, 0.3) is 6.08 Å². The summed E-state index contributed by atoms with van der Waals surface area (Å²) in [7, 11) is 4.12. The number of hydrogen-bond acceptors (Lipinski definition) is 3. The lowest BCUT2D eigenvalue weighted by molar-refractivity contribution is 0.0564. The van der Waals surface area contributed by atoms with Crippen molar-refractivity contribution in [1.82, 2.24) is 4.90 Å². The molecule has 0 spiro atoms. The van der Waals surface area contributed by atoms with Gasteiger partial charge in [0.05, 0.1) is 25.1 Å². The van der Waals surface area contributed by atoms with Crippen LogP contribution in [0, 0.1) is 0 Å². The van der Waals surface area contributed by atoms with Crippen molar-refractivity contribution in [3.05, 3.63) is 41.7 Å². The average Bonchev–Trinajstić information content (AvgIpc) is 2.38. The molecule has 1 aromatic carbocycles. The molecule has 3 heteroatoms. The summed E-state index contributed by atoms with van der Waals surface area (Å²) in [5.74, 6) is 0. The molecule has 1 atom stereocenters. The number of hydrogen-bond donors (Lipinski definition) is 0. The van der Waals surface area contributed by atoms with Gasteiger partial charge in [0, 0.05) is 6.54 Å². The van der Waals surface area contributed by atoms with Crippen molar-refractivity contribution in [2.24, 2.45) is 0 Å². The van der Waals surface area contributed by atoms with E-state index in [1.165, 1.54) is 5.56 Å². The first-order valence-electron chi connectivity index (χ1n) is 7.64. The molecule has 21 heavy (non-hydrogen) atoms. The first-order chi connectivity index (χ1) is 9.97. The molecule has 1 aromatic rings. The van der Waals surface area contributed by atoms with E-state index < -0.39 is 0 Å². The van der Waals surface area contributed by atoms with Crippen LogP contribution in [0.5, 0.6) is 0 Å². The van der Waals surface area contributed by atoms with Gasteiger partial charge in [0.15, 0.2) is 0 Å². The summed E-state index contributed by atoms with van der Waals surface area (Å²) in [6.07, 6.45) is 5.15. The molecule has 0 saturated heterocycles. The molecule has 0 aliphatic rings. The Morgan fingerprint density at radius 2 is 1.95 bits per heavy atom. The number of ether oxygens (including phenoxy) is 2. The van der Waals surface area contributed by atoms with Gasteiger partial charge in [-0.3, -0.25) is 0 Å². The molecule has 1 rings (SSSR count). The topological polar surface area (TPSA) is 21.7 Å². The van der Waals surface area contributed by atoms with Crippen molar-refractivity contribution in [1.29, 1.82) is 0 Å². The number of nitrogens with zero attached hydrogens (tertiary/aromatic N) is 1. The molecule has 0 N–H and O–H groups in total. The first-order valence-corrected chi connectivity index (χ1v) is 7.64. The summed E-state index contributed by atoms with van der Waals surface area (Å²) in [5, 5.41) is 0. The van der Waals surface area contributed by atoms with Crippen LogP contribution in [-0.2, 0) is 15.9 Å². The molecule has 0 saturated carbocycles. The standard InChI is InChI=1S/C18H29NO2/c1-15(2)20-11-9-17-7-6-8-18(14-17)13-16(3)21-12-10-19(4)5/h6-9,11,14-16H,10,12-13H2,1-5H3/b11-9+. The van der Waals surface area contributed by atoms with E-state index in [4.69, 9.17) is 9.47 Å². The van der Waals surface area contributed by atoms with Gasteiger partial charge >= 0.3 is 0 Å². The molecule has 0 amide bonds. The third-order valence-electron chi connectivity index (χ3n) is 3.03. The minimum atomic E-state index is 0.217. The molecule has 0 aliphatic carbocycles. The number of likely N-dealkylation sites (N-methyl/N-ethyl adjacent to an activating group) is 1. The van der Waals surface area contributed by atoms with Gasteiger partial charge in [-0.25, -0.2) is 0 Å². The van der Waals surface area contributed by atoms with Crippen molar-refractivity contribution >= 4 is 6.08 Å². The van der Waals surface area contributed by atoms with Crippen LogP contribution in [0.3, 0.4) is 0 Å². The minimum Gasteiger partial charge on any atom is -0.499 e. The lowest BCUT2D eigenvalue weighted by Crippen LogP contribution is -2.22. The largest absolute Gasteiger partial charge is 0.499 e. The second kappa shape index (κ2) is 9.59. The van der Waals surface area contributed by atoms with Gasteiger partial charge in [-0.1, -0.05) is 24.3 Å². The molecular weight excluding hydrogens is 262 g/mol. The van der Waals surface area contributed by atoms with Gasteiger partial charge in [-0.2, -0.15) is 0 Å². The lowest BCUT2D eigenvalue weighted by Gasteiger charge is -2.15. The molecule has 0 bridgehead atoms. The Hall–Kier alpha value is -1.32. The Bertz CT molecular complexity index is 427. The Morgan fingerprint density at radius 3 is 2.62 bits per heavy atom. The van der Waals surface area contributed by atoms with E-state index in [0.717, 1.165) is 25.1 Å². The quantitative estimate of drug-likeness (QED) is 0.649. The van der Waals surface area contributed by atoms with Gasteiger partial charge < -0.3 is 14.4 Å². The van der Waals surface area contributed by atoms with E-state index in [1.807, 2.05) is 19.9 Å². The zero-order valence-electron chi connectivity index (χ0n) is 14.0. The average molecular weight is 291 g/mol. The maximum Gasteiger partial charge on any atom is 0.0922 e. The Morgan fingerprint density at radius 1 is 1.19 bits per heavy atom. The predicted molar refractivity (Wildman–Crippen MR) is 89.4 cm³/mol. The van der Waals surface area contributed by atoms with Crippen molar-refractivity contribution in [2.45, 2.75) is 39.4 Å². The highest BCUT2D eigenvalue weighted by molar-refractivity contribution is 5.49. The number of benzene rings is 1. The molecule has 0 aromatic heterocycles. The molecule has 118 valence electrons. The third kappa shape index (κ3) is 8.53. The molecule has 0 radical (unpaired) electrons. The molecular formula is C18H29NO2. The Kier molecular flexibility index (Phi) is 8.09. The van der Waals surface area contributed by atoms with E-state index >= 15 is 0 Å². The van der Waals surface area contributed by atoms with Gasteiger partial charge in [0.25, 0.3) is 0 Å². The van der Waals surface area contributed by atoms with Crippen LogP contribution < -0.4 is 0 Å². The second-order valence-corrected chi connectivity index (χ2v) is 5.92. The van der Waals surface area contributed by atoms with Crippen LogP contribution >= 0.6 is 0 Å². The van der Waals surface area contributed by atoms with Crippen molar-refractivity contribution < 1.29 is 9.47 Å². The molecule has 0 heterocycles. The summed E-state index contributed by atoms with van der Waals surface area (Å²) in [6.45, 7) is 7.90. The molecule has 1 unspecified atom stereocenters. The predicted octanol–water partition coefficient (Wildman–Crippen LogP) is 3.59. The van der Waals surface area contributed by atoms with Gasteiger partial charge in [0.1, 0.15) is 0 Å². The SMILES string of the molecule is CC(C)O/C=C/c1cccc(CC(C)OCCN(C)C)c1. The van der Waals surface area contributed by atoms with Crippen LogP contribution in [0.2, 0.25) is 0 Å². The Labute approximate surface area is 129 Å². The van der Waals surface area contributed by atoms with Crippen molar-refractivity contribution in [3.63, 3.8) is 0 Å². The van der Waals surface area contributed by atoms with Gasteiger partial charge in [0.2, 0.25) is 0 Å². The monoisotopic (exact) mass is 291 g/mol. The van der Waals surface area contributed by atoms with Crippen molar-refractivity contribution in [3.8, 4) is 0 Å². The highest BCUT2D eigenvalue weighted by Gasteiger charge is 2.04. The highest BCUT2D eigenvalue weighted by atomic mass is 16.5. The Balaban J connectivity index is 2.46. The minimum absolute atomic E-state index is 0.217. The van der Waals surface area contributed by atoms with Crippen molar-refractivity contribution in [2.75, 3.05) is 27.2 Å². The summed E-state index contributed by atoms with van der Waals surface area (Å²) in [5.41, 5.74) is 2.45. The van der Waals surface area contributed by atoms with Gasteiger partial charge in [-0.05, 0) is 58.5 Å². The summed E-state index contributed by atoms with van der Waals surface area (Å²) < 4.78 is 11.3. The van der Waals surface area contributed by atoms with E-state index in [0.29, 0.717) is 0 Å². The maximum atomic E-state index is 5.82. The van der Waals surface area contributed by atoms with Crippen LogP contribution in [0.1, 0.15) is 31.9 Å². The summed E-state index contributed by atoms with van der Waals surface area (Å²) in [4.78, 5) is 2.13. The van der Waals surface area contributed by atoms with E-state index in [1.54, 1.807) is 6.26 Å². The summed E-state index contributed by atoms with van der Waals surface area (Å²) in [6, 6.07) is 8.50. The zero-order chi connectivity index (χ0) is 15.7. The first kappa shape index (κ1) is 17.7. The normalized spacial score (nSPS) is 13.3. The summed E-state index contributed by atoms with van der Waals surface area (Å²) >= 11 is 0. The fourth-order valence-electron chi connectivity index (χ4n) is 1.93. The smallest absolute Gasteiger partial charge is 0.0922 e. The highest BCUT2D eigenvalue weighted by Crippen LogP contribution is 2.11. The van der Waals surface area contributed by atoms with Crippen LogP contribution in [0.4, 0.5) is 0 Å². The zero-order valence-corrected chi connectivity index (χ0v) is 14.0. The fraction of sp³-hybridized carbons (Fsp3) is 0.556. The molecule has 0 aliphatic heterocycles. The second-order valence-electron chi connectivity index (χ2n) is 5.92. The van der Waals surface area contributed by atoms with E-state index in [-0.39, 0.29) is 12.2 Å². The fourth-order valence-corrected chi connectivity index (χ4v) is 1.93. The van der Waals surface area contributed by atoms with Crippen LogP contribution in [-0.4, -0.2) is 44.4 Å². The van der Waals surface area contributed by atoms with E-state index in [9.17, 15) is 0 Å². The molecule has 0 fully saturated rings.